The first-order chi connectivity index (χ1) is 9.97. The van der Waals surface area contributed by atoms with Gasteiger partial charge in [-0.25, -0.2) is 18.6 Å². The fraction of sp³-hybridized carbons (Fsp3) is 0. The van der Waals surface area contributed by atoms with Crippen molar-refractivity contribution >= 4 is 44.1 Å². The molecule has 0 aliphatic carbocycles. The van der Waals surface area contributed by atoms with Gasteiger partial charge in [-0.3, -0.25) is 0 Å². The van der Waals surface area contributed by atoms with Gasteiger partial charge in [0.1, 0.15) is 17.2 Å². The fourth-order valence-corrected chi connectivity index (χ4v) is 3.36. The van der Waals surface area contributed by atoms with Crippen LogP contribution in [-0.2, 0) is 0 Å². The average Bonchev–Trinajstić information content (AvgIpc) is 2.88. The van der Waals surface area contributed by atoms with Crippen molar-refractivity contribution in [3.05, 3.63) is 51.3 Å². The smallest absolute Gasteiger partial charge is 0.336 e. The summed E-state index contributed by atoms with van der Waals surface area (Å²) in [5.41, 5.74) is -0.300. The number of hydrogen-bond donors (Lipinski definition) is 1. The van der Waals surface area contributed by atoms with Gasteiger partial charge < -0.3 is 5.11 Å². The highest BCUT2D eigenvalue weighted by atomic mass is 79.9. The molecule has 0 spiro atoms. The first-order valence-corrected chi connectivity index (χ1v) is 7.36. The molecule has 1 N–H and O–H groups in total. The number of halogens is 3. The second-order valence-electron chi connectivity index (χ2n) is 4.22. The maximum Gasteiger partial charge on any atom is 0.336 e. The molecule has 3 aromatic rings. The predicted molar refractivity (Wildman–Crippen MR) is 79.6 cm³/mol. The molecule has 0 saturated heterocycles. The van der Waals surface area contributed by atoms with Crippen LogP contribution in [0.3, 0.4) is 0 Å². The van der Waals surface area contributed by atoms with Crippen LogP contribution in [0.15, 0.2) is 34.1 Å². The van der Waals surface area contributed by atoms with Crippen LogP contribution in [0.5, 0.6) is 0 Å². The maximum atomic E-state index is 13.9. The Bertz CT molecular complexity index is 879. The molecule has 3 rings (SSSR count). The topological polar surface area (TPSA) is 50.2 Å². The van der Waals surface area contributed by atoms with E-state index in [1.807, 2.05) is 0 Å². The molecule has 0 unspecified atom stereocenters. The number of carboxylic acid groups (broad SMARTS) is 1. The van der Waals surface area contributed by atoms with E-state index in [0.717, 1.165) is 15.9 Å². The molecule has 3 nitrogen and oxygen atoms in total. The van der Waals surface area contributed by atoms with Crippen LogP contribution >= 0.6 is 27.3 Å². The summed E-state index contributed by atoms with van der Waals surface area (Å²) in [5.74, 6) is -2.90. The normalized spacial score (nSPS) is 11.0. The van der Waals surface area contributed by atoms with Gasteiger partial charge in [-0.2, -0.15) is 0 Å². The molecule has 106 valence electrons. The first kappa shape index (κ1) is 14.1. The zero-order valence-corrected chi connectivity index (χ0v) is 12.6. The highest BCUT2D eigenvalue weighted by Crippen LogP contribution is 2.33. The summed E-state index contributed by atoms with van der Waals surface area (Å²) in [5, 5.41) is 8.93. The molecule has 1 aromatic carbocycles. The molecular weight excluding hydrogens is 364 g/mol. The lowest BCUT2D eigenvalue weighted by Crippen LogP contribution is -2.03. The Morgan fingerprint density at radius 1 is 1.19 bits per heavy atom. The third kappa shape index (κ3) is 2.43. The SMILES string of the molecule is O=C(O)c1cc(-c2ccc(Br)s2)nc2c(F)ccc(F)c12. The molecule has 21 heavy (non-hydrogen) atoms. The summed E-state index contributed by atoms with van der Waals surface area (Å²) in [4.78, 5) is 16.1. The number of carboxylic acids is 1. The molecule has 0 radical (unpaired) electrons. The third-order valence-electron chi connectivity index (χ3n) is 2.92. The Labute approximate surface area is 130 Å². The highest BCUT2D eigenvalue weighted by Gasteiger charge is 2.19. The van der Waals surface area contributed by atoms with Gasteiger partial charge in [-0.1, -0.05) is 0 Å². The predicted octanol–water partition coefficient (Wildman–Crippen LogP) is 4.70. The van der Waals surface area contributed by atoms with Crippen molar-refractivity contribution in [3.63, 3.8) is 0 Å². The van der Waals surface area contributed by atoms with E-state index in [9.17, 15) is 18.7 Å². The van der Waals surface area contributed by atoms with E-state index in [0.29, 0.717) is 10.6 Å². The van der Waals surface area contributed by atoms with Crippen molar-refractivity contribution in [2.45, 2.75) is 0 Å². The Balaban J connectivity index is 2.40. The minimum absolute atomic E-state index is 0.283. The van der Waals surface area contributed by atoms with Crippen molar-refractivity contribution in [2.75, 3.05) is 0 Å². The lowest BCUT2D eigenvalue weighted by molar-refractivity contribution is 0.0698. The largest absolute Gasteiger partial charge is 0.478 e. The van der Waals surface area contributed by atoms with E-state index in [4.69, 9.17) is 0 Å². The molecule has 0 saturated carbocycles. The van der Waals surface area contributed by atoms with Gasteiger partial charge in [0, 0.05) is 0 Å². The summed E-state index contributed by atoms with van der Waals surface area (Å²) in [6.07, 6.45) is 0. The van der Waals surface area contributed by atoms with Crippen molar-refractivity contribution in [1.82, 2.24) is 4.98 Å². The fourth-order valence-electron chi connectivity index (χ4n) is 2.02. The summed E-state index contributed by atoms with van der Waals surface area (Å²) in [7, 11) is 0. The minimum Gasteiger partial charge on any atom is -0.478 e. The average molecular weight is 370 g/mol. The zero-order valence-electron chi connectivity index (χ0n) is 10.2. The van der Waals surface area contributed by atoms with Crippen LogP contribution in [0.4, 0.5) is 8.78 Å². The number of aromatic nitrogens is 1. The summed E-state index contributed by atoms with van der Waals surface area (Å²) in [6, 6.07) is 6.59. The van der Waals surface area contributed by atoms with Gasteiger partial charge >= 0.3 is 5.97 Å². The van der Waals surface area contributed by atoms with Crippen LogP contribution < -0.4 is 0 Å². The molecule has 0 atom stereocenters. The molecule has 7 heteroatoms. The second-order valence-corrected chi connectivity index (χ2v) is 6.68. The van der Waals surface area contributed by atoms with Crippen LogP contribution in [-0.4, -0.2) is 16.1 Å². The number of nitrogens with zero attached hydrogens (tertiary/aromatic N) is 1. The number of carbonyl (C=O) groups is 1. The summed E-state index contributed by atoms with van der Waals surface area (Å²) >= 11 is 4.62. The number of hydrogen-bond acceptors (Lipinski definition) is 3. The second kappa shape index (κ2) is 5.16. The molecule has 2 heterocycles. The van der Waals surface area contributed by atoms with Crippen LogP contribution in [0, 0.1) is 11.6 Å². The number of aromatic carboxylic acids is 1. The molecule has 0 aliphatic rings. The molecular formula is C14H6BrF2NO2S. The number of pyridine rings is 1. The Morgan fingerprint density at radius 3 is 2.52 bits per heavy atom. The highest BCUT2D eigenvalue weighted by molar-refractivity contribution is 9.11. The number of fused-ring (bicyclic) bond motifs is 1. The van der Waals surface area contributed by atoms with Crippen molar-refractivity contribution in [3.8, 4) is 10.6 Å². The number of rotatable bonds is 2. The van der Waals surface area contributed by atoms with Crippen molar-refractivity contribution in [2.24, 2.45) is 0 Å². The van der Waals surface area contributed by atoms with Gasteiger partial charge in [-0.05, 0) is 46.3 Å². The van der Waals surface area contributed by atoms with Gasteiger partial charge in [0.15, 0.2) is 0 Å². The quantitative estimate of drug-likeness (QED) is 0.711. The van der Waals surface area contributed by atoms with Crippen LogP contribution in [0.2, 0.25) is 0 Å². The van der Waals surface area contributed by atoms with E-state index < -0.39 is 17.6 Å². The van der Waals surface area contributed by atoms with Crippen molar-refractivity contribution in [1.29, 1.82) is 0 Å². The van der Waals surface area contributed by atoms with E-state index in [1.54, 1.807) is 12.1 Å². The first-order valence-electron chi connectivity index (χ1n) is 5.75. The van der Waals surface area contributed by atoms with Gasteiger partial charge in [-0.15, -0.1) is 11.3 Å². The minimum atomic E-state index is -1.33. The zero-order chi connectivity index (χ0) is 15.1. The molecule has 0 amide bonds. The van der Waals surface area contributed by atoms with E-state index in [2.05, 4.69) is 20.9 Å². The van der Waals surface area contributed by atoms with E-state index >= 15 is 0 Å². The Morgan fingerprint density at radius 2 is 1.90 bits per heavy atom. The van der Waals surface area contributed by atoms with Gasteiger partial charge in [0.05, 0.1) is 25.3 Å². The van der Waals surface area contributed by atoms with E-state index in [1.165, 1.54) is 17.4 Å². The van der Waals surface area contributed by atoms with Crippen LogP contribution in [0.25, 0.3) is 21.5 Å². The van der Waals surface area contributed by atoms with Gasteiger partial charge in [0.2, 0.25) is 0 Å². The van der Waals surface area contributed by atoms with Gasteiger partial charge in [0.25, 0.3) is 0 Å². The molecule has 0 fully saturated rings. The number of thiophene rings is 1. The Hall–Kier alpha value is -1.86. The van der Waals surface area contributed by atoms with Crippen molar-refractivity contribution < 1.29 is 18.7 Å². The van der Waals surface area contributed by atoms with E-state index in [-0.39, 0.29) is 16.5 Å². The summed E-state index contributed by atoms with van der Waals surface area (Å²) < 4.78 is 28.6. The number of benzene rings is 1. The Kier molecular flexibility index (Phi) is 3.46. The maximum absolute atomic E-state index is 13.9. The monoisotopic (exact) mass is 369 g/mol. The van der Waals surface area contributed by atoms with Crippen LogP contribution in [0.1, 0.15) is 10.4 Å². The molecule has 0 aliphatic heterocycles. The lowest BCUT2D eigenvalue weighted by atomic mass is 10.1. The molecule has 0 bridgehead atoms. The summed E-state index contributed by atoms with van der Waals surface area (Å²) in [6.45, 7) is 0. The lowest BCUT2D eigenvalue weighted by Gasteiger charge is -2.07. The molecule has 2 aromatic heterocycles. The third-order valence-corrected chi connectivity index (χ3v) is 4.56. The standard InChI is InChI=1S/C14H6BrF2NO2S/c15-11-4-3-10(21-11)9-5-6(14(19)20)12-7(16)1-2-8(17)13(12)18-9/h1-5H,(H,19,20).